The van der Waals surface area contributed by atoms with Crippen molar-refractivity contribution in [1.29, 1.82) is 0 Å². The first-order valence-electron chi connectivity index (χ1n) is 6.80. The Morgan fingerprint density at radius 3 is 2.72 bits per heavy atom. The number of nitrogens with zero attached hydrogens (tertiary/aromatic N) is 2. The molecule has 2 aliphatic rings. The molecule has 18 heavy (non-hydrogen) atoms. The molecule has 2 heterocycles. The highest BCUT2D eigenvalue weighted by molar-refractivity contribution is 5.65. The zero-order valence-electron chi connectivity index (χ0n) is 10.9. The zero-order valence-corrected chi connectivity index (χ0v) is 10.9. The third kappa shape index (κ3) is 2.27. The van der Waals surface area contributed by atoms with E-state index in [0.29, 0.717) is 5.88 Å². The highest BCUT2D eigenvalue weighted by Crippen LogP contribution is 2.31. The first-order chi connectivity index (χ1) is 8.86. The molecule has 1 aliphatic carbocycles. The van der Waals surface area contributed by atoms with Gasteiger partial charge in [0.05, 0.1) is 7.11 Å². The lowest BCUT2D eigenvalue weighted by atomic mass is 9.89. The third-order valence-corrected chi connectivity index (χ3v) is 4.11. The van der Waals surface area contributed by atoms with Gasteiger partial charge in [0.2, 0.25) is 5.88 Å². The number of ether oxygens (including phenoxy) is 1. The molecule has 0 radical (unpaired) electrons. The third-order valence-electron chi connectivity index (χ3n) is 4.11. The van der Waals surface area contributed by atoms with Gasteiger partial charge in [-0.3, -0.25) is 4.90 Å². The van der Waals surface area contributed by atoms with Gasteiger partial charge in [-0.2, -0.15) is 0 Å². The summed E-state index contributed by atoms with van der Waals surface area (Å²) in [4.78, 5) is 6.89. The van der Waals surface area contributed by atoms with Crippen LogP contribution >= 0.6 is 0 Å². The predicted molar refractivity (Wildman–Crippen MR) is 72.6 cm³/mol. The van der Waals surface area contributed by atoms with Gasteiger partial charge >= 0.3 is 0 Å². The van der Waals surface area contributed by atoms with Crippen LogP contribution in [0.3, 0.4) is 0 Å². The molecule has 0 aromatic carbocycles. The quantitative estimate of drug-likeness (QED) is 0.817. The monoisotopic (exact) mass is 244 g/mol. The minimum absolute atomic E-state index is 0.689. The Balaban J connectivity index is 1.67. The first kappa shape index (κ1) is 11.7. The van der Waals surface area contributed by atoms with Gasteiger partial charge in [0.1, 0.15) is 0 Å². The lowest BCUT2D eigenvalue weighted by Crippen LogP contribution is -2.45. The fraction of sp³-hybridized carbons (Fsp3) is 0.533. The molecule has 3 heteroatoms. The van der Waals surface area contributed by atoms with Crippen molar-refractivity contribution in [1.82, 2.24) is 9.88 Å². The van der Waals surface area contributed by atoms with E-state index in [2.05, 4.69) is 22.0 Å². The number of rotatable bonds is 3. The van der Waals surface area contributed by atoms with Crippen molar-refractivity contribution in [2.24, 2.45) is 0 Å². The predicted octanol–water partition coefficient (Wildman–Crippen LogP) is 2.73. The van der Waals surface area contributed by atoms with E-state index in [0.717, 1.165) is 6.04 Å². The second-order valence-electron chi connectivity index (χ2n) is 5.14. The van der Waals surface area contributed by atoms with Crippen LogP contribution in [-0.2, 0) is 0 Å². The average Bonchev–Trinajstić information content (AvgIpc) is 2.38. The molecule has 0 amide bonds. The summed E-state index contributed by atoms with van der Waals surface area (Å²) < 4.78 is 5.09. The summed E-state index contributed by atoms with van der Waals surface area (Å²) in [5, 5.41) is 0. The molecule has 1 saturated heterocycles. The Morgan fingerprint density at radius 2 is 2.22 bits per heavy atom. The zero-order chi connectivity index (χ0) is 12.4. The highest BCUT2D eigenvalue weighted by Gasteiger charge is 2.25. The van der Waals surface area contributed by atoms with Gasteiger partial charge < -0.3 is 4.74 Å². The number of aromatic nitrogens is 1. The molecule has 0 bridgehead atoms. The molecule has 1 aromatic heterocycles. The molecule has 0 spiro atoms. The Kier molecular flexibility index (Phi) is 3.33. The van der Waals surface area contributed by atoms with Crippen LogP contribution in [0.4, 0.5) is 0 Å². The SMILES string of the molecule is COc1ccc(C2=CCC(N3CCC3)CC2)cn1. The lowest BCUT2D eigenvalue weighted by Gasteiger charge is -2.39. The van der Waals surface area contributed by atoms with Crippen LogP contribution in [0.25, 0.3) is 5.57 Å². The van der Waals surface area contributed by atoms with Gasteiger partial charge in [0.25, 0.3) is 0 Å². The molecule has 3 rings (SSSR count). The van der Waals surface area contributed by atoms with Gasteiger partial charge in [-0.1, -0.05) is 6.08 Å². The lowest BCUT2D eigenvalue weighted by molar-refractivity contribution is 0.111. The maximum atomic E-state index is 5.09. The number of likely N-dealkylation sites (tertiary alicyclic amines) is 1. The van der Waals surface area contributed by atoms with Gasteiger partial charge in [0, 0.05) is 18.3 Å². The average molecular weight is 244 g/mol. The van der Waals surface area contributed by atoms with E-state index in [4.69, 9.17) is 4.74 Å². The fourth-order valence-corrected chi connectivity index (χ4v) is 2.81. The second kappa shape index (κ2) is 5.11. The molecular weight excluding hydrogens is 224 g/mol. The summed E-state index contributed by atoms with van der Waals surface area (Å²) in [7, 11) is 1.65. The van der Waals surface area contributed by atoms with Crippen LogP contribution in [0.5, 0.6) is 5.88 Å². The van der Waals surface area contributed by atoms with Gasteiger partial charge in [-0.15, -0.1) is 0 Å². The second-order valence-corrected chi connectivity index (χ2v) is 5.14. The summed E-state index contributed by atoms with van der Waals surface area (Å²) in [5.74, 6) is 0.689. The number of hydrogen-bond donors (Lipinski definition) is 0. The minimum Gasteiger partial charge on any atom is -0.481 e. The van der Waals surface area contributed by atoms with Crippen LogP contribution < -0.4 is 4.74 Å². The molecule has 1 aromatic rings. The van der Waals surface area contributed by atoms with Crippen molar-refractivity contribution in [2.75, 3.05) is 20.2 Å². The molecule has 1 unspecified atom stereocenters. The van der Waals surface area contributed by atoms with E-state index >= 15 is 0 Å². The van der Waals surface area contributed by atoms with Crippen LogP contribution in [0.1, 0.15) is 31.2 Å². The smallest absolute Gasteiger partial charge is 0.212 e. The van der Waals surface area contributed by atoms with Crippen molar-refractivity contribution in [2.45, 2.75) is 31.7 Å². The Hall–Kier alpha value is -1.35. The van der Waals surface area contributed by atoms with Gasteiger partial charge in [0.15, 0.2) is 0 Å². The van der Waals surface area contributed by atoms with E-state index in [9.17, 15) is 0 Å². The number of allylic oxidation sites excluding steroid dienone is 1. The maximum absolute atomic E-state index is 5.09. The molecule has 1 fully saturated rings. The molecule has 3 nitrogen and oxygen atoms in total. The van der Waals surface area contributed by atoms with Crippen molar-refractivity contribution in [3.8, 4) is 5.88 Å². The summed E-state index contributed by atoms with van der Waals surface area (Å²) >= 11 is 0. The molecule has 0 N–H and O–H groups in total. The van der Waals surface area contributed by atoms with E-state index < -0.39 is 0 Å². The minimum atomic E-state index is 0.689. The maximum Gasteiger partial charge on any atom is 0.212 e. The van der Waals surface area contributed by atoms with E-state index in [1.165, 1.54) is 49.9 Å². The molecular formula is C15H20N2O. The van der Waals surface area contributed by atoms with Gasteiger partial charge in [-0.25, -0.2) is 4.98 Å². The number of methoxy groups -OCH3 is 1. The Bertz CT molecular complexity index is 434. The molecule has 1 aliphatic heterocycles. The normalized spacial score (nSPS) is 24.3. The van der Waals surface area contributed by atoms with E-state index in [-0.39, 0.29) is 0 Å². The standard InChI is InChI=1S/C15H20N2O/c1-18-15-8-5-13(11-16-15)12-3-6-14(7-4-12)17-9-2-10-17/h3,5,8,11,14H,2,4,6-7,9-10H2,1H3. The van der Waals surface area contributed by atoms with Crippen molar-refractivity contribution < 1.29 is 4.74 Å². The molecule has 1 atom stereocenters. The summed E-state index contributed by atoms with van der Waals surface area (Å²) in [6, 6.07) is 4.84. The molecule has 0 saturated carbocycles. The largest absolute Gasteiger partial charge is 0.481 e. The molecule has 96 valence electrons. The Labute approximate surface area is 108 Å². The summed E-state index contributed by atoms with van der Waals surface area (Å²) in [6.07, 6.45) is 9.37. The van der Waals surface area contributed by atoms with Crippen molar-refractivity contribution in [3.63, 3.8) is 0 Å². The van der Waals surface area contributed by atoms with Crippen LogP contribution in [-0.4, -0.2) is 36.1 Å². The summed E-state index contributed by atoms with van der Waals surface area (Å²) in [5.41, 5.74) is 2.69. The highest BCUT2D eigenvalue weighted by atomic mass is 16.5. The topological polar surface area (TPSA) is 25.4 Å². The van der Waals surface area contributed by atoms with Gasteiger partial charge in [-0.05, 0) is 56.0 Å². The van der Waals surface area contributed by atoms with E-state index in [1.807, 2.05) is 12.3 Å². The van der Waals surface area contributed by atoms with Crippen molar-refractivity contribution in [3.05, 3.63) is 30.0 Å². The van der Waals surface area contributed by atoms with Crippen LogP contribution in [0, 0.1) is 0 Å². The van der Waals surface area contributed by atoms with E-state index in [1.54, 1.807) is 7.11 Å². The first-order valence-corrected chi connectivity index (χ1v) is 6.80. The fourth-order valence-electron chi connectivity index (χ4n) is 2.81. The number of hydrogen-bond acceptors (Lipinski definition) is 3. The Morgan fingerprint density at radius 1 is 1.33 bits per heavy atom. The van der Waals surface area contributed by atoms with Crippen LogP contribution in [0.15, 0.2) is 24.4 Å². The van der Waals surface area contributed by atoms with Crippen LogP contribution in [0.2, 0.25) is 0 Å². The summed E-state index contributed by atoms with van der Waals surface area (Å²) in [6.45, 7) is 2.61. The number of pyridine rings is 1. The van der Waals surface area contributed by atoms with Crippen molar-refractivity contribution >= 4 is 5.57 Å².